The first-order valence-electron chi connectivity index (χ1n) is 9.41. The van der Waals surface area contributed by atoms with E-state index in [-0.39, 0.29) is 11.3 Å². The van der Waals surface area contributed by atoms with Crippen LogP contribution in [0.25, 0.3) is 0 Å². The van der Waals surface area contributed by atoms with Crippen molar-refractivity contribution in [2.45, 2.75) is 24.9 Å². The van der Waals surface area contributed by atoms with Crippen LogP contribution in [-0.2, 0) is 16.8 Å². The molecule has 1 aromatic heterocycles. The highest BCUT2D eigenvalue weighted by Crippen LogP contribution is 2.45. The molecule has 1 fully saturated rings. The van der Waals surface area contributed by atoms with Crippen LogP contribution in [0.5, 0.6) is 11.5 Å². The van der Waals surface area contributed by atoms with Gasteiger partial charge < -0.3 is 24.2 Å². The molecule has 1 saturated heterocycles. The number of ether oxygens (including phenoxy) is 3. The van der Waals surface area contributed by atoms with Crippen molar-refractivity contribution in [3.63, 3.8) is 0 Å². The van der Waals surface area contributed by atoms with E-state index < -0.39 is 5.97 Å². The number of pyridine rings is 1. The summed E-state index contributed by atoms with van der Waals surface area (Å²) in [4.78, 5) is 17.6. The first kappa shape index (κ1) is 18.6. The summed E-state index contributed by atoms with van der Waals surface area (Å²) >= 11 is 0. The summed E-state index contributed by atoms with van der Waals surface area (Å²) in [6.45, 7) is 2.16. The van der Waals surface area contributed by atoms with Gasteiger partial charge in [0.1, 0.15) is 5.82 Å². The van der Waals surface area contributed by atoms with Crippen LogP contribution in [-0.4, -0.2) is 50.0 Å². The van der Waals surface area contributed by atoms with Gasteiger partial charge in [-0.05, 0) is 54.7 Å². The fourth-order valence-corrected chi connectivity index (χ4v) is 4.22. The van der Waals surface area contributed by atoms with Gasteiger partial charge in [-0.25, -0.2) is 9.78 Å². The average molecular weight is 384 g/mol. The van der Waals surface area contributed by atoms with Gasteiger partial charge in [0.05, 0.1) is 26.4 Å². The van der Waals surface area contributed by atoms with E-state index in [9.17, 15) is 9.90 Å². The fourth-order valence-electron chi connectivity index (χ4n) is 4.22. The molecule has 0 aliphatic carbocycles. The van der Waals surface area contributed by atoms with Crippen LogP contribution < -0.4 is 14.4 Å². The number of fused-ring (bicyclic) bond motifs is 2. The van der Waals surface area contributed by atoms with Gasteiger partial charge in [-0.2, -0.15) is 0 Å². The number of anilines is 1. The molecule has 1 N–H and O–H groups in total. The molecule has 2 aliphatic heterocycles. The van der Waals surface area contributed by atoms with Gasteiger partial charge >= 0.3 is 5.97 Å². The first-order valence-corrected chi connectivity index (χ1v) is 9.41. The first-order chi connectivity index (χ1) is 13.6. The second-order valence-corrected chi connectivity index (χ2v) is 7.13. The Morgan fingerprint density at radius 3 is 2.57 bits per heavy atom. The maximum absolute atomic E-state index is 11.2. The van der Waals surface area contributed by atoms with Gasteiger partial charge in [0.25, 0.3) is 0 Å². The van der Waals surface area contributed by atoms with Gasteiger partial charge in [0, 0.05) is 13.1 Å². The van der Waals surface area contributed by atoms with Crippen molar-refractivity contribution in [1.29, 1.82) is 0 Å². The zero-order valence-corrected chi connectivity index (χ0v) is 16.1. The molecule has 2 aromatic rings. The lowest BCUT2D eigenvalue weighted by Crippen LogP contribution is -2.47. The van der Waals surface area contributed by atoms with Crippen LogP contribution in [0.3, 0.4) is 0 Å². The number of benzene rings is 1. The number of aromatic nitrogens is 1. The number of rotatable bonds is 4. The normalized spacial score (nSPS) is 17.9. The van der Waals surface area contributed by atoms with Crippen LogP contribution in [0.2, 0.25) is 0 Å². The number of piperidine rings is 1. The Labute approximate surface area is 163 Å². The number of carboxylic acids is 1. The SMILES string of the molecule is COc1cc2c(cc1OC)C1(CCN(c3cccc(C(=O)O)n3)CC1)OCC2. The van der Waals surface area contributed by atoms with Gasteiger partial charge in [-0.1, -0.05) is 6.07 Å². The smallest absolute Gasteiger partial charge is 0.354 e. The largest absolute Gasteiger partial charge is 0.493 e. The lowest BCUT2D eigenvalue weighted by molar-refractivity contribution is -0.0768. The summed E-state index contributed by atoms with van der Waals surface area (Å²) in [5, 5.41) is 9.18. The lowest BCUT2D eigenvalue weighted by atomic mass is 9.79. The zero-order chi connectivity index (χ0) is 19.7. The molecule has 4 rings (SSSR count). The van der Waals surface area contributed by atoms with Crippen molar-refractivity contribution >= 4 is 11.8 Å². The van der Waals surface area contributed by atoms with Gasteiger partial charge in [-0.15, -0.1) is 0 Å². The Balaban J connectivity index is 1.60. The summed E-state index contributed by atoms with van der Waals surface area (Å²) < 4.78 is 17.3. The van der Waals surface area contributed by atoms with E-state index in [0.717, 1.165) is 38.1 Å². The number of hydrogen-bond acceptors (Lipinski definition) is 6. The monoisotopic (exact) mass is 384 g/mol. The summed E-state index contributed by atoms with van der Waals surface area (Å²) in [6.07, 6.45) is 2.45. The predicted octanol–water partition coefficient (Wildman–Crippen LogP) is 2.87. The van der Waals surface area contributed by atoms with Crippen molar-refractivity contribution in [3.05, 3.63) is 47.2 Å². The standard InChI is InChI=1S/C21H24N2O5/c1-26-17-12-14-6-11-28-21(15(14)13-18(17)27-2)7-9-23(10-8-21)19-5-3-4-16(22-19)20(24)25/h3-5,12-13H,6-11H2,1-2H3,(H,24,25). The Kier molecular flexibility index (Phi) is 4.85. The van der Waals surface area contributed by atoms with Crippen molar-refractivity contribution in [3.8, 4) is 11.5 Å². The van der Waals surface area contributed by atoms with E-state index in [0.29, 0.717) is 18.2 Å². The van der Waals surface area contributed by atoms with Crippen LogP contribution >= 0.6 is 0 Å². The molecule has 28 heavy (non-hydrogen) atoms. The van der Waals surface area contributed by atoms with E-state index in [1.807, 2.05) is 12.1 Å². The number of nitrogens with zero attached hydrogens (tertiary/aromatic N) is 2. The summed E-state index contributed by atoms with van der Waals surface area (Å²) in [7, 11) is 3.29. The highest BCUT2D eigenvalue weighted by atomic mass is 16.5. The van der Waals surface area contributed by atoms with Crippen molar-refractivity contribution < 1.29 is 24.1 Å². The number of aromatic carboxylic acids is 1. The minimum atomic E-state index is -1.01. The van der Waals surface area contributed by atoms with Gasteiger partial charge in [0.2, 0.25) is 0 Å². The zero-order valence-electron chi connectivity index (χ0n) is 16.1. The average Bonchev–Trinajstić information content (AvgIpc) is 2.73. The summed E-state index contributed by atoms with van der Waals surface area (Å²) in [5.41, 5.74) is 2.12. The Morgan fingerprint density at radius 2 is 1.89 bits per heavy atom. The number of carbonyl (C=O) groups is 1. The van der Waals surface area contributed by atoms with Gasteiger partial charge in [-0.3, -0.25) is 0 Å². The van der Waals surface area contributed by atoms with Crippen LogP contribution in [0.15, 0.2) is 30.3 Å². The van der Waals surface area contributed by atoms with E-state index in [2.05, 4.69) is 16.0 Å². The van der Waals surface area contributed by atoms with E-state index >= 15 is 0 Å². The number of hydrogen-bond donors (Lipinski definition) is 1. The van der Waals surface area contributed by atoms with Crippen LogP contribution in [0.1, 0.15) is 34.5 Å². The summed E-state index contributed by atoms with van der Waals surface area (Å²) in [6, 6.07) is 9.21. The maximum atomic E-state index is 11.2. The molecular formula is C21H24N2O5. The molecule has 0 atom stereocenters. The maximum Gasteiger partial charge on any atom is 0.354 e. The van der Waals surface area contributed by atoms with Crippen LogP contribution in [0, 0.1) is 0 Å². The third kappa shape index (κ3) is 3.16. The molecule has 0 radical (unpaired) electrons. The van der Waals surface area contributed by atoms with Crippen molar-refractivity contribution in [2.24, 2.45) is 0 Å². The highest BCUT2D eigenvalue weighted by Gasteiger charge is 2.41. The molecule has 1 spiro atoms. The Bertz CT molecular complexity index is 890. The number of methoxy groups -OCH3 is 2. The topological polar surface area (TPSA) is 81.1 Å². The van der Waals surface area contributed by atoms with E-state index in [4.69, 9.17) is 14.2 Å². The third-order valence-corrected chi connectivity index (χ3v) is 5.70. The third-order valence-electron chi connectivity index (χ3n) is 5.70. The van der Waals surface area contributed by atoms with Crippen molar-refractivity contribution in [2.75, 3.05) is 38.8 Å². The van der Waals surface area contributed by atoms with E-state index in [1.165, 1.54) is 17.2 Å². The lowest BCUT2D eigenvalue weighted by Gasteiger charge is -2.45. The Morgan fingerprint density at radius 1 is 1.18 bits per heavy atom. The van der Waals surface area contributed by atoms with E-state index in [1.54, 1.807) is 20.3 Å². The molecule has 0 saturated carbocycles. The molecule has 0 bridgehead atoms. The summed E-state index contributed by atoms with van der Waals surface area (Å²) in [5.74, 6) is 1.13. The molecule has 3 heterocycles. The van der Waals surface area contributed by atoms with Crippen molar-refractivity contribution in [1.82, 2.24) is 4.98 Å². The van der Waals surface area contributed by atoms with Gasteiger partial charge in [0.15, 0.2) is 17.2 Å². The van der Waals surface area contributed by atoms with Crippen LogP contribution in [0.4, 0.5) is 5.82 Å². The Hall–Kier alpha value is -2.80. The minimum Gasteiger partial charge on any atom is -0.493 e. The molecule has 1 aromatic carbocycles. The molecule has 0 unspecified atom stereocenters. The number of carboxylic acid groups (broad SMARTS) is 1. The molecular weight excluding hydrogens is 360 g/mol. The molecule has 0 amide bonds. The minimum absolute atomic E-state index is 0.0638. The predicted molar refractivity (Wildman–Crippen MR) is 104 cm³/mol. The second kappa shape index (κ2) is 7.31. The fraction of sp³-hybridized carbons (Fsp3) is 0.429. The molecule has 148 valence electrons. The molecule has 7 nitrogen and oxygen atoms in total. The quantitative estimate of drug-likeness (QED) is 0.868. The molecule has 2 aliphatic rings. The molecule has 7 heteroatoms. The highest BCUT2D eigenvalue weighted by molar-refractivity contribution is 5.85. The second-order valence-electron chi connectivity index (χ2n) is 7.13.